The Labute approximate surface area is 123 Å². The van der Waals surface area contributed by atoms with Gasteiger partial charge in [0, 0.05) is 18.4 Å². The van der Waals surface area contributed by atoms with Crippen molar-refractivity contribution in [3.63, 3.8) is 0 Å². The van der Waals surface area contributed by atoms with Gasteiger partial charge in [0.25, 0.3) is 0 Å². The number of benzene rings is 2. The summed E-state index contributed by atoms with van der Waals surface area (Å²) >= 11 is 0. The number of nitrogens with two attached hydrogens (primary N) is 1. The van der Waals surface area contributed by atoms with Crippen LogP contribution in [0.4, 0.5) is 21.5 Å². The smallest absolute Gasteiger partial charge is 0.243 e. The van der Waals surface area contributed by atoms with Gasteiger partial charge in [-0.05, 0) is 36.8 Å². The topological polar surface area (TPSA) is 58.4 Å². The van der Waals surface area contributed by atoms with Gasteiger partial charge >= 0.3 is 0 Å². The molecule has 4 nitrogen and oxygen atoms in total. The van der Waals surface area contributed by atoms with Crippen LogP contribution in [0.25, 0.3) is 0 Å². The van der Waals surface area contributed by atoms with Gasteiger partial charge < -0.3 is 16.0 Å². The minimum atomic E-state index is -0.504. The quantitative estimate of drug-likeness (QED) is 0.850. The Bertz CT molecular complexity index is 658. The average Bonchev–Trinajstić information content (AvgIpc) is 2.43. The van der Waals surface area contributed by atoms with Gasteiger partial charge in [0.15, 0.2) is 0 Å². The van der Waals surface area contributed by atoms with E-state index in [4.69, 9.17) is 5.73 Å². The summed E-state index contributed by atoms with van der Waals surface area (Å²) in [5.41, 5.74) is 8.12. The molecule has 2 rings (SSSR count). The highest BCUT2D eigenvalue weighted by Gasteiger charge is 2.11. The number of para-hydroxylation sites is 1. The number of halogens is 1. The summed E-state index contributed by atoms with van der Waals surface area (Å²) in [6.07, 6.45) is 0. The summed E-state index contributed by atoms with van der Waals surface area (Å²) in [5.74, 6) is -0.804. The van der Waals surface area contributed by atoms with E-state index in [0.29, 0.717) is 5.69 Å². The van der Waals surface area contributed by atoms with Crippen LogP contribution in [-0.4, -0.2) is 19.5 Å². The molecule has 0 aliphatic heterocycles. The number of anilines is 3. The van der Waals surface area contributed by atoms with Crippen molar-refractivity contribution in [2.45, 2.75) is 6.92 Å². The van der Waals surface area contributed by atoms with E-state index >= 15 is 0 Å². The maximum absolute atomic E-state index is 13.6. The maximum atomic E-state index is 13.6. The fourth-order valence-electron chi connectivity index (χ4n) is 2.12. The lowest BCUT2D eigenvalue weighted by molar-refractivity contribution is -0.114. The number of carbonyl (C=O) groups excluding carboxylic acids is 1. The molecule has 2 aromatic rings. The summed E-state index contributed by atoms with van der Waals surface area (Å²) in [4.78, 5) is 13.8. The number of amides is 1. The SMILES string of the molecule is Cc1ccccc1N(C)CC(=O)Nc1cc(N)ccc1F. The van der Waals surface area contributed by atoms with Crippen molar-refractivity contribution in [2.24, 2.45) is 0 Å². The van der Waals surface area contributed by atoms with Crippen molar-refractivity contribution >= 4 is 23.0 Å². The Morgan fingerprint density at radius 2 is 2.00 bits per heavy atom. The van der Waals surface area contributed by atoms with E-state index in [-0.39, 0.29) is 18.1 Å². The zero-order valence-corrected chi connectivity index (χ0v) is 12.1. The summed E-state index contributed by atoms with van der Waals surface area (Å²) in [7, 11) is 1.82. The summed E-state index contributed by atoms with van der Waals surface area (Å²) < 4.78 is 13.6. The second-order valence-corrected chi connectivity index (χ2v) is 4.93. The van der Waals surface area contributed by atoms with Crippen molar-refractivity contribution in [2.75, 3.05) is 29.5 Å². The highest BCUT2D eigenvalue weighted by molar-refractivity contribution is 5.94. The van der Waals surface area contributed by atoms with Crippen molar-refractivity contribution in [1.82, 2.24) is 0 Å². The summed E-state index contributed by atoms with van der Waals surface area (Å²) in [6, 6.07) is 11.8. The predicted octanol–water partition coefficient (Wildman–Crippen LogP) is 2.79. The first-order chi connectivity index (χ1) is 9.97. The standard InChI is InChI=1S/C16H18FN3O/c1-11-5-3-4-6-15(11)20(2)10-16(21)19-14-9-12(18)7-8-13(14)17/h3-9H,10,18H2,1-2H3,(H,19,21). The highest BCUT2D eigenvalue weighted by Crippen LogP contribution is 2.19. The van der Waals surface area contributed by atoms with Crippen molar-refractivity contribution in [3.05, 3.63) is 53.8 Å². The Morgan fingerprint density at radius 3 is 2.71 bits per heavy atom. The number of likely N-dealkylation sites (N-methyl/N-ethyl adjacent to an activating group) is 1. The van der Waals surface area contributed by atoms with Crippen LogP contribution in [0.15, 0.2) is 42.5 Å². The first kappa shape index (κ1) is 14.8. The summed E-state index contributed by atoms with van der Waals surface area (Å²) in [5, 5.41) is 2.54. The minimum absolute atomic E-state index is 0.0955. The molecule has 0 unspecified atom stereocenters. The van der Waals surface area contributed by atoms with Crippen LogP contribution >= 0.6 is 0 Å². The van der Waals surface area contributed by atoms with Crippen LogP contribution in [-0.2, 0) is 4.79 Å². The lowest BCUT2D eigenvalue weighted by Crippen LogP contribution is -2.30. The molecule has 110 valence electrons. The van der Waals surface area contributed by atoms with Gasteiger partial charge in [-0.2, -0.15) is 0 Å². The van der Waals surface area contributed by atoms with Gasteiger partial charge in [-0.3, -0.25) is 4.79 Å². The second-order valence-electron chi connectivity index (χ2n) is 4.93. The Hall–Kier alpha value is -2.56. The first-order valence-corrected chi connectivity index (χ1v) is 6.59. The molecule has 0 radical (unpaired) electrons. The van der Waals surface area contributed by atoms with E-state index in [1.165, 1.54) is 18.2 Å². The maximum Gasteiger partial charge on any atom is 0.243 e. The van der Waals surface area contributed by atoms with E-state index < -0.39 is 5.82 Å². The molecule has 0 aromatic heterocycles. The van der Waals surface area contributed by atoms with Crippen molar-refractivity contribution in [1.29, 1.82) is 0 Å². The third-order valence-electron chi connectivity index (χ3n) is 3.17. The molecule has 5 heteroatoms. The van der Waals surface area contributed by atoms with Crippen LogP contribution in [0.5, 0.6) is 0 Å². The number of hydrogen-bond acceptors (Lipinski definition) is 3. The van der Waals surface area contributed by atoms with Gasteiger partial charge in [0.2, 0.25) is 5.91 Å². The zero-order valence-electron chi connectivity index (χ0n) is 12.1. The van der Waals surface area contributed by atoms with Gasteiger partial charge in [-0.15, -0.1) is 0 Å². The number of nitrogens with one attached hydrogen (secondary N) is 1. The van der Waals surface area contributed by atoms with Crippen LogP contribution in [0.3, 0.4) is 0 Å². The van der Waals surface area contributed by atoms with E-state index in [2.05, 4.69) is 5.32 Å². The molecule has 0 saturated carbocycles. The fourth-order valence-corrected chi connectivity index (χ4v) is 2.12. The molecule has 0 atom stereocenters. The molecule has 3 N–H and O–H groups in total. The molecule has 0 spiro atoms. The van der Waals surface area contributed by atoms with E-state index in [1.54, 1.807) is 0 Å². The molecule has 0 bridgehead atoms. The number of carbonyl (C=O) groups is 1. The van der Waals surface area contributed by atoms with Gasteiger partial charge in [0.1, 0.15) is 5.82 Å². The van der Waals surface area contributed by atoms with Crippen molar-refractivity contribution in [3.8, 4) is 0 Å². The van der Waals surface area contributed by atoms with Gasteiger partial charge in [-0.1, -0.05) is 18.2 Å². The molecular formula is C16H18FN3O. The van der Waals surface area contributed by atoms with Gasteiger partial charge in [-0.25, -0.2) is 4.39 Å². The molecular weight excluding hydrogens is 269 g/mol. The first-order valence-electron chi connectivity index (χ1n) is 6.59. The number of nitrogens with zero attached hydrogens (tertiary/aromatic N) is 1. The minimum Gasteiger partial charge on any atom is -0.399 e. The van der Waals surface area contributed by atoms with Crippen molar-refractivity contribution < 1.29 is 9.18 Å². The monoisotopic (exact) mass is 287 g/mol. The Morgan fingerprint density at radius 1 is 1.29 bits per heavy atom. The molecule has 21 heavy (non-hydrogen) atoms. The molecule has 0 saturated heterocycles. The normalized spacial score (nSPS) is 10.2. The number of aryl methyl sites for hydroxylation is 1. The fraction of sp³-hybridized carbons (Fsp3) is 0.188. The second kappa shape index (κ2) is 6.26. The molecule has 0 aliphatic rings. The highest BCUT2D eigenvalue weighted by atomic mass is 19.1. The lowest BCUT2D eigenvalue weighted by Gasteiger charge is -2.20. The third kappa shape index (κ3) is 3.72. The van der Waals surface area contributed by atoms with E-state index in [1.807, 2.05) is 43.1 Å². The number of nitrogen functional groups attached to an aromatic ring is 1. The largest absolute Gasteiger partial charge is 0.399 e. The average molecular weight is 287 g/mol. The van der Waals surface area contributed by atoms with Crippen LogP contribution < -0.4 is 16.0 Å². The molecule has 0 fully saturated rings. The Kier molecular flexibility index (Phi) is 4.42. The van der Waals surface area contributed by atoms with Crippen LogP contribution in [0.1, 0.15) is 5.56 Å². The lowest BCUT2D eigenvalue weighted by atomic mass is 10.2. The molecule has 2 aromatic carbocycles. The van der Waals surface area contributed by atoms with E-state index in [0.717, 1.165) is 11.3 Å². The summed E-state index contributed by atoms with van der Waals surface area (Å²) in [6.45, 7) is 2.10. The Balaban J connectivity index is 2.05. The molecule has 0 heterocycles. The van der Waals surface area contributed by atoms with Crippen LogP contribution in [0, 0.1) is 12.7 Å². The predicted molar refractivity (Wildman–Crippen MR) is 83.9 cm³/mol. The molecule has 0 aliphatic carbocycles. The third-order valence-corrected chi connectivity index (χ3v) is 3.17. The number of hydrogen-bond donors (Lipinski definition) is 2. The number of rotatable bonds is 4. The van der Waals surface area contributed by atoms with Gasteiger partial charge in [0.05, 0.1) is 12.2 Å². The zero-order chi connectivity index (χ0) is 15.4. The van der Waals surface area contributed by atoms with E-state index in [9.17, 15) is 9.18 Å². The van der Waals surface area contributed by atoms with Crippen LogP contribution in [0.2, 0.25) is 0 Å². The molecule has 1 amide bonds.